The number of carbonyl (C=O) groups excluding carboxylic acids is 1. The molecule has 1 aromatic carbocycles. The van der Waals surface area contributed by atoms with Crippen LogP contribution in [-0.4, -0.2) is 16.1 Å². The van der Waals surface area contributed by atoms with Gasteiger partial charge in [0, 0.05) is 18.8 Å². The molecule has 0 aliphatic carbocycles. The fourth-order valence-electron chi connectivity index (χ4n) is 1.43. The molecule has 76 valence electrons. The van der Waals surface area contributed by atoms with Gasteiger partial charge in [-0.15, -0.1) is 5.75 Å². The number of carbonyl (C=O) groups is 1. The van der Waals surface area contributed by atoms with Gasteiger partial charge in [0.2, 0.25) is 0 Å². The van der Waals surface area contributed by atoms with Gasteiger partial charge in [0.05, 0.1) is 5.56 Å². The molecule has 0 radical (unpaired) electrons. The number of aryl methyl sites for hydroxylation is 1. The lowest BCUT2D eigenvalue weighted by molar-refractivity contribution is -0.268. The summed E-state index contributed by atoms with van der Waals surface area (Å²) in [6.45, 7) is 0. The van der Waals surface area contributed by atoms with E-state index >= 15 is 0 Å². The summed E-state index contributed by atoms with van der Waals surface area (Å²) in [7, 11) is 1.75. The van der Waals surface area contributed by atoms with Crippen molar-refractivity contribution in [3.8, 4) is 17.0 Å². The van der Waals surface area contributed by atoms with E-state index in [2.05, 4.69) is 5.10 Å². The minimum atomic E-state index is -0.0534. The minimum Gasteiger partial charge on any atom is -0.872 e. The van der Waals surface area contributed by atoms with Crippen LogP contribution in [0.25, 0.3) is 11.3 Å². The first-order chi connectivity index (χ1) is 7.20. The Morgan fingerprint density at radius 2 is 2.00 bits per heavy atom. The molecule has 0 aliphatic rings. The monoisotopic (exact) mass is 201 g/mol. The summed E-state index contributed by atoms with van der Waals surface area (Å²) in [5.41, 5.74) is 1.90. The van der Waals surface area contributed by atoms with Crippen LogP contribution in [0.5, 0.6) is 5.75 Å². The summed E-state index contributed by atoms with van der Waals surface area (Å²) in [6, 6.07) is 6.24. The highest BCUT2D eigenvalue weighted by atomic mass is 16.3. The number of hydrogen-bond donors (Lipinski definition) is 0. The average Bonchev–Trinajstić information content (AvgIpc) is 2.61. The first-order valence-electron chi connectivity index (χ1n) is 4.47. The highest BCUT2D eigenvalue weighted by Gasteiger charge is 2.08. The fourth-order valence-corrected chi connectivity index (χ4v) is 1.43. The molecule has 4 heteroatoms. The van der Waals surface area contributed by atoms with Crippen molar-refractivity contribution in [1.29, 1.82) is 0 Å². The van der Waals surface area contributed by atoms with Crippen molar-refractivity contribution in [2.45, 2.75) is 0 Å². The molecule has 1 heterocycles. The second-order valence-corrected chi connectivity index (χ2v) is 3.25. The largest absolute Gasteiger partial charge is 0.872 e. The summed E-state index contributed by atoms with van der Waals surface area (Å²) in [5, 5.41) is 15.1. The third-order valence-electron chi connectivity index (χ3n) is 2.11. The lowest BCUT2D eigenvalue weighted by atomic mass is 10.1. The third kappa shape index (κ3) is 1.74. The maximum absolute atomic E-state index is 10.9. The Balaban J connectivity index is 2.52. The molecule has 0 aliphatic heterocycles. The zero-order chi connectivity index (χ0) is 10.8. The molecule has 2 rings (SSSR count). The number of rotatable bonds is 2. The molecule has 0 atom stereocenters. The normalized spacial score (nSPS) is 10.2. The molecule has 4 nitrogen and oxygen atoms in total. The molecule has 0 spiro atoms. The van der Waals surface area contributed by atoms with Gasteiger partial charge in [0.15, 0.2) is 6.29 Å². The SMILES string of the molecule is Cn1cc(C=O)c(-c2ccc([O-])cc2)n1. The Labute approximate surface area is 86.8 Å². The first kappa shape index (κ1) is 9.45. The quantitative estimate of drug-likeness (QED) is 0.680. The molecule has 0 saturated heterocycles. The second-order valence-electron chi connectivity index (χ2n) is 3.25. The first-order valence-corrected chi connectivity index (χ1v) is 4.47. The maximum atomic E-state index is 10.9. The fraction of sp³-hybridized carbons (Fsp3) is 0.0909. The lowest BCUT2D eigenvalue weighted by Crippen LogP contribution is -1.90. The summed E-state index contributed by atoms with van der Waals surface area (Å²) in [4.78, 5) is 10.8. The van der Waals surface area contributed by atoms with Gasteiger partial charge in [0.1, 0.15) is 5.69 Å². The van der Waals surface area contributed by atoms with Crippen molar-refractivity contribution in [2.75, 3.05) is 0 Å². The predicted molar refractivity (Wildman–Crippen MR) is 53.5 cm³/mol. The summed E-state index contributed by atoms with van der Waals surface area (Å²) in [5.74, 6) is -0.0534. The van der Waals surface area contributed by atoms with Crippen LogP contribution in [0.4, 0.5) is 0 Å². The van der Waals surface area contributed by atoms with Crippen molar-refractivity contribution >= 4 is 6.29 Å². The molecule has 0 unspecified atom stereocenters. The van der Waals surface area contributed by atoms with Gasteiger partial charge in [-0.25, -0.2) is 0 Å². The summed E-state index contributed by atoms with van der Waals surface area (Å²) < 4.78 is 1.57. The van der Waals surface area contributed by atoms with E-state index in [9.17, 15) is 9.90 Å². The Morgan fingerprint density at radius 3 is 2.60 bits per heavy atom. The summed E-state index contributed by atoms with van der Waals surface area (Å²) in [6.07, 6.45) is 2.40. The van der Waals surface area contributed by atoms with E-state index in [0.717, 1.165) is 11.8 Å². The zero-order valence-corrected chi connectivity index (χ0v) is 8.18. The minimum absolute atomic E-state index is 0.0534. The summed E-state index contributed by atoms with van der Waals surface area (Å²) >= 11 is 0. The van der Waals surface area contributed by atoms with Gasteiger partial charge in [-0.1, -0.05) is 24.3 Å². The molecule has 0 amide bonds. The highest BCUT2D eigenvalue weighted by molar-refractivity contribution is 5.85. The van der Waals surface area contributed by atoms with Gasteiger partial charge in [-0.2, -0.15) is 5.10 Å². The Bertz CT molecular complexity index is 486. The molecule has 15 heavy (non-hydrogen) atoms. The van der Waals surface area contributed by atoms with Crippen LogP contribution >= 0.6 is 0 Å². The van der Waals surface area contributed by atoms with Gasteiger partial charge in [0.25, 0.3) is 0 Å². The van der Waals surface area contributed by atoms with E-state index in [-0.39, 0.29) is 5.75 Å². The Morgan fingerprint density at radius 1 is 1.33 bits per heavy atom. The Hall–Kier alpha value is -2.10. The van der Waals surface area contributed by atoms with Crippen LogP contribution in [0.15, 0.2) is 30.5 Å². The van der Waals surface area contributed by atoms with Crippen LogP contribution in [0.3, 0.4) is 0 Å². The van der Waals surface area contributed by atoms with Crippen LogP contribution in [0.2, 0.25) is 0 Å². The van der Waals surface area contributed by atoms with Crippen LogP contribution in [0, 0.1) is 0 Å². The average molecular weight is 201 g/mol. The van der Waals surface area contributed by atoms with Crippen molar-refractivity contribution in [3.63, 3.8) is 0 Å². The van der Waals surface area contributed by atoms with E-state index in [4.69, 9.17) is 0 Å². The predicted octanol–water partition coefficient (Wildman–Crippen LogP) is 0.973. The standard InChI is InChI=1S/C11H10N2O2/c1-13-6-9(7-14)11(12-13)8-2-4-10(15)5-3-8/h2-7,15H,1H3/p-1. The van der Waals surface area contributed by atoms with Gasteiger partial charge in [-0.3, -0.25) is 9.48 Å². The van der Waals surface area contributed by atoms with Crippen molar-refractivity contribution in [2.24, 2.45) is 7.05 Å². The van der Waals surface area contributed by atoms with Gasteiger partial charge in [-0.05, 0) is 0 Å². The number of hydrogen-bond acceptors (Lipinski definition) is 3. The lowest BCUT2D eigenvalue weighted by Gasteiger charge is -2.04. The molecular formula is C11H9N2O2-. The molecular weight excluding hydrogens is 192 g/mol. The van der Waals surface area contributed by atoms with E-state index in [1.807, 2.05) is 0 Å². The molecule has 2 aromatic rings. The van der Waals surface area contributed by atoms with Crippen molar-refractivity contribution in [1.82, 2.24) is 9.78 Å². The molecule has 0 N–H and O–H groups in total. The van der Waals surface area contributed by atoms with E-state index in [1.165, 1.54) is 12.1 Å². The molecule has 0 saturated carbocycles. The van der Waals surface area contributed by atoms with Crippen molar-refractivity contribution in [3.05, 3.63) is 36.0 Å². The Kier molecular flexibility index (Phi) is 2.25. The smallest absolute Gasteiger partial charge is 0.153 e. The van der Waals surface area contributed by atoms with E-state index < -0.39 is 0 Å². The maximum Gasteiger partial charge on any atom is 0.153 e. The topological polar surface area (TPSA) is 58.0 Å². The molecule has 0 fully saturated rings. The molecule has 0 bridgehead atoms. The highest BCUT2D eigenvalue weighted by Crippen LogP contribution is 2.21. The third-order valence-corrected chi connectivity index (χ3v) is 2.11. The van der Waals surface area contributed by atoms with Gasteiger partial charge < -0.3 is 5.11 Å². The van der Waals surface area contributed by atoms with Crippen LogP contribution in [0.1, 0.15) is 10.4 Å². The number of benzene rings is 1. The van der Waals surface area contributed by atoms with Crippen molar-refractivity contribution < 1.29 is 9.90 Å². The zero-order valence-electron chi connectivity index (χ0n) is 8.18. The second kappa shape index (κ2) is 3.57. The van der Waals surface area contributed by atoms with Crippen LogP contribution in [-0.2, 0) is 7.05 Å². The number of nitrogens with zero attached hydrogens (tertiary/aromatic N) is 2. The van der Waals surface area contributed by atoms with Crippen LogP contribution < -0.4 is 5.11 Å². The molecule has 1 aromatic heterocycles. The number of aldehydes is 1. The van der Waals surface area contributed by atoms with E-state index in [0.29, 0.717) is 11.3 Å². The van der Waals surface area contributed by atoms with E-state index in [1.54, 1.807) is 30.1 Å². The number of aromatic nitrogens is 2. The van der Waals surface area contributed by atoms with Gasteiger partial charge >= 0.3 is 0 Å².